The molecule has 3 atom stereocenters. The lowest BCUT2D eigenvalue weighted by atomic mass is 10.0. The maximum Gasteiger partial charge on any atom is 0.306 e. The Morgan fingerprint density at radius 3 is 1.37 bits per heavy atom. The van der Waals surface area contributed by atoms with Crippen molar-refractivity contribution in [3.63, 3.8) is 0 Å². The fourth-order valence-electron chi connectivity index (χ4n) is 8.14. The van der Waals surface area contributed by atoms with Crippen molar-refractivity contribution in [3.05, 3.63) is 72.9 Å². The van der Waals surface area contributed by atoms with Crippen LogP contribution in [0.5, 0.6) is 0 Å². The predicted octanol–water partition coefficient (Wildman–Crippen LogP) is 17.0. The van der Waals surface area contributed by atoms with E-state index >= 15 is 0 Å². The number of quaternary nitrogens is 1. The van der Waals surface area contributed by atoms with E-state index in [1.54, 1.807) is 0 Å². The molecule has 412 valence electrons. The van der Waals surface area contributed by atoms with Crippen molar-refractivity contribution in [1.29, 1.82) is 0 Å². The van der Waals surface area contributed by atoms with Gasteiger partial charge in [-0.2, -0.15) is 0 Å². The Balaban J connectivity index is 5.35. The molecule has 0 heterocycles. The van der Waals surface area contributed by atoms with Crippen molar-refractivity contribution in [1.82, 2.24) is 5.32 Å². The van der Waals surface area contributed by atoms with Crippen molar-refractivity contribution in [2.24, 2.45) is 0 Å². The molecule has 0 saturated heterocycles. The van der Waals surface area contributed by atoms with E-state index in [1.807, 2.05) is 33.3 Å². The molecule has 0 saturated carbocycles. The summed E-state index contributed by atoms with van der Waals surface area (Å²) in [5.41, 5.74) is 0. The molecule has 0 aliphatic rings. The van der Waals surface area contributed by atoms with E-state index in [0.29, 0.717) is 23.9 Å². The molecule has 71 heavy (non-hydrogen) atoms. The summed E-state index contributed by atoms with van der Waals surface area (Å²) in [7, 11) is 1.16. The zero-order valence-corrected chi connectivity index (χ0v) is 47.8. The molecule has 0 spiro atoms. The summed E-state index contributed by atoms with van der Waals surface area (Å²) in [6, 6.07) is -0.901. The number of carbonyl (C=O) groups is 2. The Morgan fingerprint density at radius 1 is 0.507 bits per heavy atom. The number of hydrogen-bond acceptors (Lipinski definition) is 7. The van der Waals surface area contributed by atoms with Gasteiger partial charge in [-0.05, 0) is 76.7 Å². The van der Waals surface area contributed by atoms with Gasteiger partial charge >= 0.3 is 5.97 Å². The van der Waals surface area contributed by atoms with Crippen LogP contribution in [0.15, 0.2) is 72.9 Å². The molecule has 1 amide bonds. The van der Waals surface area contributed by atoms with Crippen LogP contribution in [0.4, 0.5) is 0 Å². The van der Waals surface area contributed by atoms with Crippen LogP contribution >= 0.6 is 7.82 Å². The third kappa shape index (κ3) is 52.1. The van der Waals surface area contributed by atoms with Crippen molar-refractivity contribution in [2.45, 2.75) is 264 Å². The molecule has 1 N–H and O–H groups in total. The summed E-state index contributed by atoms with van der Waals surface area (Å²) in [6.45, 7) is 6.70. The zero-order chi connectivity index (χ0) is 52.2. The molecule has 0 bridgehead atoms. The molecular weight excluding hydrogens is 904 g/mol. The molecule has 10 heteroatoms. The van der Waals surface area contributed by atoms with Crippen molar-refractivity contribution < 1.29 is 37.3 Å². The summed E-state index contributed by atoms with van der Waals surface area (Å²) < 4.78 is 30.2. The largest absolute Gasteiger partial charge is 0.756 e. The van der Waals surface area contributed by atoms with Crippen LogP contribution in [0.2, 0.25) is 0 Å². The summed E-state index contributed by atoms with van der Waals surface area (Å²) in [5.74, 6) is -0.577. The fraction of sp³-hybridized carbons (Fsp3) is 0.770. The minimum atomic E-state index is -4.70. The van der Waals surface area contributed by atoms with Crippen LogP contribution in [-0.2, 0) is 27.9 Å². The number of unbranched alkanes of at least 4 members (excludes halogenated alkanes) is 26. The Bertz CT molecular complexity index is 1450. The maximum atomic E-state index is 13.5. The lowest BCUT2D eigenvalue weighted by molar-refractivity contribution is -0.870. The zero-order valence-electron chi connectivity index (χ0n) is 46.9. The van der Waals surface area contributed by atoms with Gasteiger partial charge in [-0.15, -0.1) is 0 Å². The highest BCUT2D eigenvalue weighted by atomic mass is 31.2. The average Bonchev–Trinajstić information content (AvgIpc) is 3.33. The summed E-state index contributed by atoms with van der Waals surface area (Å²) >= 11 is 0. The molecule has 0 radical (unpaired) electrons. The molecule has 9 nitrogen and oxygen atoms in total. The normalized spacial score (nSPS) is 14.3. The van der Waals surface area contributed by atoms with E-state index in [-0.39, 0.29) is 24.9 Å². The van der Waals surface area contributed by atoms with Gasteiger partial charge in [-0.1, -0.05) is 235 Å². The average molecular weight is 1020 g/mol. The van der Waals surface area contributed by atoms with Gasteiger partial charge in [0.2, 0.25) is 5.91 Å². The highest BCUT2D eigenvalue weighted by Crippen LogP contribution is 2.38. The van der Waals surface area contributed by atoms with E-state index in [1.165, 1.54) is 122 Å². The molecule has 0 aromatic carbocycles. The van der Waals surface area contributed by atoms with Crippen LogP contribution in [0.1, 0.15) is 252 Å². The van der Waals surface area contributed by atoms with Gasteiger partial charge in [-0.25, -0.2) is 0 Å². The standard InChI is InChI=1S/C61H111N2O7P/c1-7-10-13-16-19-22-25-27-29-30-31-32-34-36-39-42-45-48-51-54-61(65)70-59(52-49-46-43-40-37-24-21-18-15-12-9-3)58(57-69-71(66,67)68-56-55-63(4,5)6)62-60(64)53-50-47-44-41-38-35-33-28-26-23-20-17-14-11-8-2/h10,13,19,22,27,29,31-32,36,39,49,52,58-59H,7-9,11-12,14-18,20-21,23-26,28,30,33-35,37-38,40-48,50-51,53-57H2,1-6H3,(H-,62,64,66,67)/b13-10-,22-19-,29-27-,32-31-,39-36-,52-49+. The molecule has 0 aliphatic heterocycles. The van der Waals surface area contributed by atoms with E-state index < -0.39 is 26.6 Å². The number of hydrogen-bond donors (Lipinski definition) is 1. The first-order valence-electron chi connectivity index (χ1n) is 29.2. The predicted molar refractivity (Wildman–Crippen MR) is 302 cm³/mol. The molecule has 0 aromatic rings. The summed E-state index contributed by atoms with van der Waals surface area (Å²) in [4.78, 5) is 39.8. The number of nitrogens with zero attached hydrogens (tertiary/aromatic N) is 1. The summed E-state index contributed by atoms with van der Waals surface area (Å²) in [6.07, 6.45) is 64.4. The molecule has 3 unspecified atom stereocenters. The van der Waals surface area contributed by atoms with Crippen LogP contribution in [0.25, 0.3) is 0 Å². The Kier molecular flexibility index (Phi) is 49.1. The first-order chi connectivity index (χ1) is 34.4. The first kappa shape index (κ1) is 68.5. The number of nitrogens with one attached hydrogen (secondary N) is 1. The third-order valence-electron chi connectivity index (χ3n) is 12.7. The smallest absolute Gasteiger partial charge is 0.306 e. The highest BCUT2D eigenvalue weighted by Gasteiger charge is 2.27. The van der Waals surface area contributed by atoms with Gasteiger partial charge in [-0.3, -0.25) is 14.2 Å². The molecule has 0 fully saturated rings. The molecule has 0 aromatic heterocycles. The second-order valence-electron chi connectivity index (χ2n) is 20.8. The molecule has 0 rings (SSSR count). The number of ether oxygens (including phenoxy) is 1. The number of phosphoric ester groups is 1. The van der Waals surface area contributed by atoms with Crippen molar-refractivity contribution in [2.75, 3.05) is 40.9 Å². The van der Waals surface area contributed by atoms with E-state index in [9.17, 15) is 19.0 Å². The van der Waals surface area contributed by atoms with Gasteiger partial charge in [0.1, 0.15) is 19.3 Å². The van der Waals surface area contributed by atoms with Crippen LogP contribution < -0.4 is 10.2 Å². The van der Waals surface area contributed by atoms with Crippen molar-refractivity contribution in [3.8, 4) is 0 Å². The van der Waals surface area contributed by atoms with Gasteiger partial charge in [0.05, 0.1) is 33.8 Å². The number of likely N-dealkylation sites (N-methyl/N-ethyl adjacent to an activating group) is 1. The second kappa shape index (κ2) is 51.0. The minimum Gasteiger partial charge on any atom is -0.756 e. The van der Waals surface area contributed by atoms with Crippen LogP contribution in [0.3, 0.4) is 0 Å². The lowest BCUT2D eigenvalue weighted by Gasteiger charge is -2.30. The number of rotatable bonds is 52. The summed E-state index contributed by atoms with van der Waals surface area (Å²) in [5, 5.41) is 3.01. The van der Waals surface area contributed by atoms with E-state index in [2.05, 4.69) is 86.8 Å². The quantitative estimate of drug-likeness (QED) is 0.0212. The Labute approximate surface area is 438 Å². The monoisotopic (exact) mass is 1010 g/mol. The van der Waals surface area contributed by atoms with Gasteiger partial charge in [0.15, 0.2) is 0 Å². The minimum absolute atomic E-state index is 0.0291. The van der Waals surface area contributed by atoms with Gasteiger partial charge in [0.25, 0.3) is 7.82 Å². The lowest BCUT2D eigenvalue weighted by Crippen LogP contribution is -2.47. The Morgan fingerprint density at radius 2 is 0.901 bits per heavy atom. The third-order valence-corrected chi connectivity index (χ3v) is 13.6. The SMILES string of the molecule is CC/C=C\C/C=C\C/C=C\C/C=C\C/C=C\CCCCCC(=O)OC(/C=C/CCCCCCCCCCC)C(COP(=O)([O-])OCC[N+](C)(C)C)NC(=O)CCCCCCCCCCCCCCCCC. The number of phosphoric acid groups is 1. The number of carbonyl (C=O) groups excluding carboxylic acids is 2. The second-order valence-corrected chi connectivity index (χ2v) is 22.2. The van der Waals surface area contributed by atoms with Gasteiger partial charge < -0.3 is 28.5 Å². The Hall–Kier alpha value is -2.55. The topological polar surface area (TPSA) is 114 Å². The first-order valence-corrected chi connectivity index (χ1v) is 30.7. The fourth-order valence-corrected chi connectivity index (χ4v) is 8.86. The van der Waals surface area contributed by atoms with Crippen molar-refractivity contribution >= 4 is 19.7 Å². The van der Waals surface area contributed by atoms with Crippen LogP contribution in [-0.4, -0.2) is 69.4 Å². The number of allylic oxidation sites excluding steroid dienone is 11. The molecular formula is C61H111N2O7P. The van der Waals surface area contributed by atoms with Crippen LogP contribution in [0, 0.1) is 0 Å². The van der Waals surface area contributed by atoms with Gasteiger partial charge in [0, 0.05) is 12.8 Å². The number of amides is 1. The van der Waals surface area contributed by atoms with E-state index in [4.69, 9.17) is 13.8 Å². The highest BCUT2D eigenvalue weighted by molar-refractivity contribution is 7.45. The number of esters is 1. The van der Waals surface area contributed by atoms with E-state index in [0.717, 1.165) is 89.9 Å². The maximum absolute atomic E-state index is 13.5. The molecule has 0 aliphatic carbocycles.